The second-order valence-corrected chi connectivity index (χ2v) is 10.7. The van der Waals surface area contributed by atoms with Crippen molar-refractivity contribution in [3.05, 3.63) is 53.2 Å². The molecule has 1 fully saturated rings. The lowest BCUT2D eigenvalue weighted by atomic mass is 9.95. The van der Waals surface area contributed by atoms with Crippen molar-refractivity contribution in [2.45, 2.75) is 49.8 Å². The van der Waals surface area contributed by atoms with Crippen LogP contribution in [0.3, 0.4) is 0 Å². The number of piperidine rings is 1. The van der Waals surface area contributed by atoms with Gasteiger partial charge in [0.1, 0.15) is 10.6 Å². The van der Waals surface area contributed by atoms with E-state index >= 15 is 0 Å². The normalized spacial score (nSPS) is 17.0. The Morgan fingerprint density at radius 1 is 1.00 bits per heavy atom. The maximum absolute atomic E-state index is 13.3. The van der Waals surface area contributed by atoms with Crippen LogP contribution < -0.4 is 10.1 Å². The molecule has 1 aliphatic heterocycles. The number of carbonyl (C=O) groups is 1. The Balaban J connectivity index is 1.43. The highest BCUT2D eigenvalue weighted by molar-refractivity contribution is 7.89. The van der Waals surface area contributed by atoms with Crippen molar-refractivity contribution in [2.75, 3.05) is 25.5 Å². The Labute approximate surface area is 194 Å². The van der Waals surface area contributed by atoms with E-state index in [1.54, 1.807) is 18.2 Å². The van der Waals surface area contributed by atoms with Crippen LogP contribution >= 0.6 is 0 Å². The third kappa shape index (κ3) is 4.13. The zero-order valence-corrected chi connectivity index (χ0v) is 19.6. The van der Waals surface area contributed by atoms with Crippen LogP contribution in [0.4, 0.5) is 5.69 Å². The third-order valence-electron chi connectivity index (χ3n) is 6.71. The number of fused-ring (bicyclic) bond motifs is 3. The molecule has 8 heteroatoms. The molecule has 2 aliphatic rings. The number of sulfonamides is 1. The molecule has 1 amide bonds. The predicted octanol–water partition coefficient (Wildman–Crippen LogP) is 4.48. The summed E-state index contributed by atoms with van der Waals surface area (Å²) in [5.74, 6) is 0.00749. The highest BCUT2D eigenvalue weighted by Crippen LogP contribution is 2.32. The van der Waals surface area contributed by atoms with E-state index in [4.69, 9.17) is 4.74 Å². The Morgan fingerprint density at radius 3 is 2.58 bits per heavy atom. The van der Waals surface area contributed by atoms with Crippen molar-refractivity contribution in [2.24, 2.45) is 0 Å². The number of methoxy groups -OCH3 is 1. The van der Waals surface area contributed by atoms with Gasteiger partial charge in [-0.3, -0.25) is 4.79 Å². The minimum Gasteiger partial charge on any atom is -0.495 e. The molecular weight excluding hydrogens is 438 g/mol. The first-order valence-corrected chi connectivity index (χ1v) is 13.0. The maximum Gasteiger partial charge on any atom is 0.255 e. The van der Waals surface area contributed by atoms with E-state index in [9.17, 15) is 13.2 Å². The van der Waals surface area contributed by atoms with E-state index < -0.39 is 10.0 Å². The number of hydrogen-bond donors (Lipinski definition) is 2. The van der Waals surface area contributed by atoms with Crippen molar-refractivity contribution >= 4 is 32.5 Å². The molecule has 0 radical (unpaired) electrons. The molecule has 0 spiro atoms. The molecule has 1 aliphatic carbocycles. The van der Waals surface area contributed by atoms with Crippen molar-refractivity contribution in [3.63, 3.8) is 0 Å². The smallest absolute Gasteiger partial charge is 0.255 e. The molecule has 0 bridgehead atoms. The number of amides is 1. The van der Waals surface area contributed by atoms with E-state index in [0.717, 1.165) is 49.4 Å². The van der Waals surface area contributed by atoms with Crippen LogP contribution in [0.2, 0.25) is 0 Å². The molecule has 0 saturated carbocycles. The van der Waals surface area contributed by atoms with Crippen molar-refractivity contribution in [1.82, 2.24) is 9.29 Å². The highest BCUT2D eigenvalue weighted by Gasteiger charge is 2.29. The summed E-state index contributed by atoms with van der Waals surface area (Å²) in [7, 11) is -2.25. The van der Waals surface area contributed by atoms with Gasteiger partial charge in [0.25, 0.3) is 5.91 Å². The number of ether oxygens (including phenoxy) is 1. The topological polar surface area (TPSA) is 91.5 Å². The van der Waals surface area contributed by atoms with E-state index in [0.29, 0.717) is 24.3 Å². The summed E-state index contributed by atoms with van der Waals surface area (Å²) in [5, 5.41) is 3.97. The fourth-order valence-electron chi connectivity index (χ4n) is 4.95. The Hall–Kier alpha value is -2.84. The van der Waals surface area contributed by atoms with Crippen LogP contribution in [0.5, 0.6) is 5.75 Å². The number of nitrogens with zero attached hydrogens (tertiary/aromatic N) is 1. The van der Waals surface area contributed by atoms with Crippen LogP contribution in [-0.2, 0) is 22.9 Å². The van der Waals surface area contributed by atoms with E-state index in [2.05, 4.69) is 10.3 Å². The summed E-state index contributed by atoms with van der Waals surface area (Å²) in [4.78, 5) is 16.6. The summed E-state index contributed by atoms with van der Waals surface area (Å²) in [5.41, 5.74) is 4.61. The average molecular weight is 468 g/mol. The van der Waals surface area contributed by atoms with Crippen LogP contribution in [0.15, 0.2) is 41.3 Å². The monoisotopic (exact) mass is 467 g/mol. The number of aryl methyl sites for hydroxylation is 2. The van der Waals surface area contributed by atoms with Gasteiger partial charge in [-0.1, -0.05) is 6.42 Å². The second kappa shape index (κ2) is 8.83. The SMILES string of the molecule is COc1ccc(NC(=O)c2ccc3[nH]c4c(c3c2)CCCC4)cc1S(=O)(=O)N1CCCCC1. The summed E-state index contributed by atoms with van der Waals surface area (Å²) < 4.78 is 33.4. The van der Waals surface area contributed by atoms with Gasteiger partial charge in [-0.15, -0.1) is 0 Å². The Bertz CT molecular complexity index is 1310. The van der Waals surface area contributed by atoms with E-state index in [1.165, 1.54) is 35.2 Å². The molecule has 33 heavy (non-hydrogen) atoms. The fourth-order valence-corrected chi connectivity index (χ4v) is 6.65. The molecule has 7 nitrogen and oxygen atoms in total. The van der Waals surface area contributed by atoms with Gasteiger partial charge in [-0.05, 0) is 80.5 Å². The first-order valence-electron chi connectivity index (χ1n) is 11.6. The van der Waals surface area contributed by atoms with Crippen LogP contribution in [0.25, 0.3) is 10.9 Å². The standard InChI is InChI=1S/C25H29N3O4S/c1-32-23-12-10-18(16-24(23)33(30,31)28-13-5-2-6-14-28)26-25(29)17-9-11-22-20(15-17)19-7-3-4-8-21(19)27-22/h9-12,15-16,27H,2-8,13-14H2,1H3,(H,26,29). The van der Waals surface area contributed by atoms with Gasteiger partial charge in [0.05, 0.1) is 7.11 Å². The fraction of sp³-hybridized carbons (Fsp3) is 0.400. The van der Waals surface area contributed by atoms with Crippen LogP contribution in [0, 0.1) is 0 Å². The van der Waals surface area contributed by atoms with Crippen LogP contribution in [-0.4, -0.2) is 43.8 Å². The second-order valence-electron chi connectivity index (χ2n) is 8.83. The van der Waals surface area contributed by atoms with Crippen molar-refractivity contribution < 1.29 is 17.9 Å². The molecular formula is C25H29N3O4S. The van der Waals surface area contributed by atoms with Gasteiger partial charge < -0.3 is 15.0 Å². The van der Waals surface area contributed by atoms with E-state index in [-0.39, 0.29) is 16.6 Å². The number of benzene rings is 2. The molecule has 1 aromatic heterocycles. The first kappa shape index (κ1) is 22.0. The number of anilines is 1. The number of aromatic nitrogens is 1. The number of rotatable bonds is 5. The van der Waals surface area contributed by atoms with Gasteiger partial charge in [-0.25, -0.2) is 8.42 Å². The van der Waals surface area contributed by atoms with Crippen LogP contribution in [0.1, 0.15) is 53.7 Å². The van der Waals surface area contributed by atoms with Crippen molar-refractivity contribution in [1.29, 1.82) is 0 Å². The quantitative estimate of drug-likeness (QED) is 0.579. The lowest BCUT2D eigenvalue weighted by Crippen LogP contribution is -2.35. The number of hydrogen-bond acceptors (Lipinski definition) is 4. The predicted molar refractivity (Wildman–Crippen MR) is 128 cm³/mol. The molecule has 2 N–H and O–H groups in total. The zero-order valence-electron chi connectivity index (χ0n) is 18.8. The molecule has 0 unspecified atom stereocenters. The lowest BCUT2D eigenvalue weighted by molar-refractivity contribution is 0.102. The highest BCUT2D eigenvalue weighted by atomic mass is 32.2. The molecule has 2 aromatic carbocycles. The molecule has 5 rings (SSSR count). The van der Waals surface area contributed by atoms with E-state index in [1.807, 2.05) is 12.1 Å². The molecule has 2 heterocycles. The number of carbonyl (C=O) groups excluding carboxylic acids is 1. The largest absolute Gasteiger partial charge is 0.495 e. The van der Waals surface area contributed by atoms with Gasteiger partial charge >= 0.3 is 0 Å². The minimum atomic E-state index is -3.71. The molecule has 1 saturated heterocycles. The maximum atomic E-state index is 13.3. The van der Waals surface area contributed by atoms with Crippen molar-refractivity contribution in [3.8, 4) is 5.75 Å². The number of H-pyrrole nitrogens is 1. The molecule has 174 valence electrons. The minimum absolute atomic E-state index is 0.0832. The van der Waals surface area contributed by atoms with Gasteiger partial charge in [0, 0.05) is 40.9 Å². The number of nitrogens with one attached hydrogen (secondary N) is 2. The third-order valence-corrected chi connectivity index (χ3v) is 8.63. The first-order chi connectivity index (χ1) is 16.0. The molecule has 3 aromatic rings. The average Bonchev–Trinajstić information content (AvgIpc) is 3.22. The summed E-state index contributed by atoms with van der Waals surface area (Å²) in [6.07, 6.45) is 7.16. The van der Waals surface area contributed by atoms with Gasteiger partial charge in [-0.2, -0.15) is 4.31 Å². The van der Waals surface area contributed by atoms with Gasteiger partial charge in [0.2, 0.25) is 10.0 Å². The Kier molecular flexibility index (Phi) is 5.88. The number of aromatic amines is 1. The summed E-state index contributed by atoms with van der Waals surface area (Å²) >= 11 is 0. The summed E-state index contributed by atoms with van der Waals surface area (Å²) in [6.45, 7) is 1.01. The molecule has 0 atom stereocenters. The summed E-state index contributed by atoms with van der Waals surface area (Å²) in [6, 6.07) is 10.4. The lowest BCUT2D eigenvalue weighted by Gasteiger charge is -2.26. The van der Waals surface area contributed by atoms with Gasteiger partial charge in [0.15, 0.2) is 0 Å². The Morgan fingerprint density at radius 2 is 1.79 bits per heavy atom. The zero-order chi connectivity index (χ0) is 23.0.